The molecular formula is C12H15ClN2O3. The fraction of sp³-hybridized carbons (Fsp3) is 0.417. The van der Waals surface area contributed by atoms with Gasteiger partial charge in [-0.05, 0) is 6.42 Å². The van der Waals surface area contributed by atoms with Crippen molar-refractivity contribution in [2.24, 2.45) is 0 Å². The van der Waals surface area contributed by atoms with Crippen LogP contribution < -0.4 is 0 Å². The summed E-state index contributed by atoms with van der Waals surface area (Å²) in [7, 11) is 1.63. The molecule has 0 spiro atoms. The second-order valence-electron chi connectivity index (χ2n) is 3.93. The summed E-state index contributed by atoms with van der Waals surface area (Å²) in [6.07, 6.45) is 0.974. The van der Waals surface area contributed by atoms with Gasteiger partial charge in [0.2, 0.25) is 5.91 Å². The number of alkyl halides is 1. The van der Waals surface area contributed by atoms with Crippen LogP contribution in [0.3, 0.4) is 0 Å². The average Bonchev–Trinajstić information content (AvgIpc) is 2.36. The zero-order valence-corrected chi connectivity index (χ0v) is 10.9. The van der Waals surface area contributed by atoms with Crippen LogP contribution in [0.1, 0.15) is 18.4 Å². The molecule has 98 valence electrons. The van der Waals surface area contributed by atoms with Crippen molar-refractivity contribution in [1.29, 1.82) is 0 Å². The Morgan fingerprint density at radius 3 is 2.72 bits per heavy atom. The smallest absolute Gasteiger partial charge is 0.274 e. The Bertz CT molecular complexity index is 437. The summed E-state index contributed by atoms with van der Waals surface area (Å²) in [6.45, 7) is 0.234. The maximum Gasteiger partial charge on any atom is 0.274 e. The van der Waals surface area contributed by atoms with Gasteiger partial charge in [0, 0.05) is 31.0 Å². The molecule has 0 unspecified atom stereocenters. The second-order valence-corrected chi connectivity index (χ2v) is 4.31. The van der Waals surface area contributed by atoms with Crippen LogP contribution in [0.15, 0.2) is 24.3 Å². The number of rotatable bonds is 6. The number of nitro benzene ring substituents is 1. The van der Waals surface area contributed by atoms with E-state index in [0.717, 1.165) is 0 Å². The van der Waals surface area contributed by atoms with E-state index in [0.29, 0.717) is 24.3 Å². The molecule has 1 rings (SSSR count). The number of carbonyl (C=O) groups excluding carboxylic acids is 1. The molecule has 0 saturated heterocycles. The first kappa shape index (κ1) is 14.4. The van der Waals surface area contributed by atoms with E-state index < -0.39 is 4.92 Å². The monoisotopic (exact) mass is 270 g/mol. The number of benzene rings is 1. The molecule has 0 aliphatic carbocycles. The Balaban J connectivity index is 2.72. The summed E-state index contributed by atoms with van der Waals surface area (Å²) in [5, 5.41) is 10.8. The second kappa shape index (κ2) is 6.96. The first-order chi connectivity index (χ1) is 8.56. The first-order valence-corrected chi connectivity index (χ1v) is 6.12. The molecule has 0 saturated carbocycles. The van der Waals surface area contributed by atoms with Crippen molar-refractivity contribution in [3.05, 3.63) is 39.9 Å². The van der Waals surface area contributed by atoms with Gasteiger partial charge in [0.1, 0.15) is 0 Å². The fourth-order valence-corrected chi connectivity index (χ4v) is 1.71. The van der Waals surface area contributed by atoms with Crippen LogP contribution in [0.25, 0.3) is 0 Å². The molecule has 0 radical (unpaired) electrons. The number of hydrogen-bond acceptors (Lipinski definition) is 3. The molecule has 0 atom stereocenters. The van der Waals surface area contributed by atoms with Crippen molar-refractivity contribution in [3.63, 3.8) is 0 Å². The summed E-state index contributed by atoms with van der Waals surface area (Å²) in [6, 6.07) is 6.42. The highest BCUT2D eigenvalue weighted by Crippen LogP contribution is 2.19. The summed E-state index contributed by atoms with van der Waals surface area (Å²) in [5.41, 5.74) is 0.568. The summed E-state index contributed by atoms with van der Waals surface area (Å²) >= 11 is 5.52. The van der Waals surface area contributed by atoms with Gasteiger partial charge in [-0.1, -0.05) is 18.2 Å². The maximum absolute atomic E-state index is 11.7. The lowest BCUT2D eigenvalue weighted by Gasteiger charge is -2.16. The predicted molar refractivity (Wildman–Crippen MR) is 69.5 cm³/mol. The maximum atomic E-state index is 11.7. The van der Waals surface area contributed by atoms with E-state index in [2.05, 4.69) is 0 Å². The molecule has 1 aromatic carbocycles. The van der Waals surface area contributed by atoms with Crippen molar-refractivity contribution >= 4 is 23.2 Å². The minimum Gasteiger partial charge on any atom is -0.341 e. The number of para-hydroxylation sites is 1. The minimum absolute atomic E-state index is 0.0366. The number of nitro groups is 1. The van der Waals surface area contributed by atoms with E-state index in [4.69, 9.17) is 11.6 Å². The SMILES string of the molecule is CN(Cc1ccccc1[N+](=O)[O-])C(=O)CCCCl. The predicted octanol–water partition coefficient (Wildman–Crippen LogP) is 2.57. The number of nitrogens with zero attached hydrogens (tertiary/aromatic N) is 2. The first-order valence-electron chi connectivity index (χ1n) is 5.58. The third kappa shape index (κ3) is 4.00. The van der Waals surface area contributed by atoms with Crippen molar-refractivity contribution < 1.29 is 9.72 Å². The quantitative estimate of drug-likeness (QED) is 0.453. The zero-order valence-electron chi connectivity index (χ0n) is 10.1. The van der Waals surface area contributed by atoms with E-state index in [-0.39, 0.29) is 18.1 Å². The molecule has 0 aromatic heterocycles. The van der Waals surface area contributed by atoms with Gasteiger partial charge in [-0.2, -0.15) is 0 Å². The molecule has 18 heavy (non-hydrogen) atoms. The van der Waals surface area contributed by atoms with Crippen molar-refractivity contribution in [3.8, 4) is 0 Å². The average molecular weight is 271 g/mol. The number of carbonyl (C=O) groups is 1. The highest BCUT2D eigenvalue weighted by molar-refractivity contribution is 6.17. The third-order valence-corrected chi connectivity index (χ3v) is 2.81. The lowest BCUT2D eigenvalue weighted by molar-refractivity contribution is -0.385. The Hall–Kier alpha value is -1.62. The molecule has 6 heteroatoms. The van der Waals surface area contributed by atoms with Crippen molar-refractivity contribution in [1.82, 2.24) is 4.90 Å². The van der Waals surface area contributed by atoms with E-state index in [1.165, 1.54) is 11.0 Å². The largest absolute Gasteiger partial charge is 0.341 e. The number of halogens is 1. The Morgan fingerprint density at radius 1 is 1.44 bits per heavy atom. The molecule has 0 bridgehead atoms. The molecule has 5 nitrogen and oxygen atoms in total. The standard InChI is InChI=1S/C12H15ClN2O3/c1-14(12(16)7-4-8-13)9-10-5-2-3-6-11(10)15(17)18/h2-3,5-6H,4,7-9H2,1H3. The minimum atomic E-state index is -0.438. The molecule has 1 amide bonds. The van der Waals surface area contributed by atoms with E-state index in [9.17, 15) is 14.9 Å². The number of amides is 1. The third-order valence-electron chi connectivity index (χ3n) is 2.55. The summed E-state index contributed by atoms with van der Waals surface area (Å²) in [5.74, 6) is 0.374. The Kier molecular flexibility index (Phi) is 5.58. The van der Waals surface area contributed by atoms with E-state index in [1.807, 2.05) is 0 Å². The molecular weight excluding hydrogens is 256 g/mol. The molecule has 1 aromatic rings. The van der Waals surface area contributed by atoms with Gasteiger partial charge in [0.05, 0.1) is 11.5 Å². The summed E-state index contributed by atoms with van der Waals surface area (Å²) < 4.78 is 0. The van der Waals surface area contributed by atoms with Crippen molar-refractivity contribution in [2.45, 2.75) is 19.4 Å². The van der Waals surface area contributed by atoms with Crippen molar-refractivity contribution in [2.75, 3.05) is 12.9 Å². The highest BCUT2D eigenvalue weighted by Gasteiger charge is 2.16. The van der Waals surface area contributed by atoms with Gasteiger partial charge in [-0.25, -0.2) is 0 Å². The zero-order chi connectivity index (χ0) is 13.5. The van der Waals surface area contributed by atoms with Gasteiger partial charge in [-0.3, -0.25) is 14.9 Å². The van der Waals surface area contributed by atoms with E-state index >= 15 is 0 Å². The normalized spacial score (nSPS) is 10.1. The van der Waals surface area contributed by atoms with Gasteiger partial charge in [0.15, 0.2) is 0 Å². The molecule has 0 N–H and O–H groups in total. The Morgan fingerprint density at radius 2 is 2.11 bits per heavy atom. The molecule has 0 fully saturated rings. The molecule has 0 aliphatic heterocycles. The molecule has 0 aliphatic rings. The van der Waals surface area contributed by atoms with Gasteiger partial charge in [-0.15, -0.1) is 11.6 Å². The highest BCUT2D eigenvalue weighted by atomic mass is 35.5. The van der Waals surface area contributed by atoms with Gasteiger partial charge < -0.3 is 4.90 Å². The molecule has 0 heterocycles. The van der Waals surface area contributed by atoms with E-state index in [1.54, 1.807) is 25.2 Å². The fourth-order valence-electron chi connectivity index (χ4n) is 1.58. The van der Waals surface area contributed by atoms with Crippen LogP contribution >= 0.6 is 11.6 Å². The van der Waals surface area contributed by atoms with Crippen LogP contribution in [0.5, 0.6) is 0 Å². The Labute approximate surface area is 110 Å². The lowest BCUT2D eigenvalue weighted by atomic mass is 10.1. The number of hydrogen-bond donors (Lipinski definition) is 0. The topological polar surface area (TPSA) is 63.4 Å². The van der Waals surface area contributed by atoms with Crippen LogP contribution in [0.2, 0.25) is 0 Å². The van der Waals surface area contributed by atoms with Gasteiger partial charge in [0.25, 0.3) is 5.69 Å². The van der Waals surface area contributed by atoms with Crippen LogP contribution in [-0.2, 0) is 11.3 Å². The van der Waals surface area contributed by atoms with Gasteiger partial charge >= 0.3 is 0 Å². The lowest BCUT2D eigenvalue weighted by Crippen LogP contribution is -2.26. The summed E-state index contributed by atoms with van der Waals surface area (Å²) in [4.78, 5) is 23.6. The van der Waals surface area contributed by atoms with Crippen LogP contribution in [-0.4, -0.2) is 28.7 Å². The van der Waals surface area contributed by atoms with Crippen LogP contribution in [0, 0.1) is 10.1 Å². The van der Waals surface area contributed by atoms with Crippen LogP contribution in [0.4, 0.5) is 5.69 Å².